The van der Waals surface area contributed by atoms with Crippen LogP contribution in [0.15, 0.2) is 18.2 Å². The number of aliphatic hydroxyl groups excluding tert-OH is 1. The van der Waals surface area contributed by atoms with Crippen molar-refractivity contribution in [3.63, 3.8) is 0 Å². The van der Waals surface area contributed by atoms with Gasteiger partial charge in [0.05, 0.1) is 6.61 Å². The molecule has 0 spiro atoms. The van der Waals surface area contributed by atoms with E-state index in [9.17, 15) is 9.50 Å². The van der Waals surface area contributed by atoms with Crippen molar-refractivity contribution >= 4 is 11.6 Å². The zero-order valence-corrected chi connectivity index (χ0v) is 13.8. The topological polar surface area (TPSA) is 26.7 Å². The summed E-state index contributed by atoms with van der Waals surface area (Å²) in [4.78, 5) is 4.66. The van der Waals surface area contributed by atoms with Gasteiger partial charge in [0.25, 0.3) is 0 Å². The number of aliphatic hydroxyl groups is 1. The molecule has 5 heteroatoms. The molecule has 0 aliphatic carbocycles. The minimum absolute atomic E-state index is 0.0298. The van der Waals surface area contributed by atoms with Crippen molar-refractivity contribution < 1.29 is 9.50 Å². The molecule has 2 aliphatic rings. The Bertz CT molecular complexity index is 541. The smallest absolute Gasteiger partial charge is 0.129 e. The van der Waals surface area contributed by atoms with Gasteiger partial charge in [-0.15, -0.1) is 0 Å². The lowest BCUT2D eigenvalue weighted by molar-refractivity contribution is -0.0686. The van der Waals surface area contributed by atoms with Crippen molar-refractivity contribution in [2.75, 3.05) is 33.3 Å². The van der Waals surface area contributed by atoms with Crippen LogP contribution in [0.4, 0.5) is 4.39 Å². The fourth-order valence-electron chi connectivity index (χ4n) is 4.11. The summed E-state index contributed by atoms with van der Waals surface area (Å²) >= 11 is 5.82. The summed E-state index contributed by atoms with van der Waals surface area (Å²) in [7, 11) is 2.14. The lowest BCUT2D eigenvalue weighted by Crippen LogP contribution is -2.61. The van der Waals surface area contributed by atoms with E-state index in [4.69, 9.17) is 11.6 Å². The van der Waals surface area contributed by atoms with Crippen molar-refractivity contribution in [3.05, 3.63) is 34.6 Å². The van der Waals surface area contributed by atoms with Gasteiger partial charge in [-0.3, -0.25) is 4.90 Å². The van der Waals surface area contributed by atoms with Crippen molar-refractivity contribution in [3.8, 4) is 0 Å². The summed E-state index contributed by atoms with van der Waals surface area (Å²) in [5, 5.41) is 10.4. The summed E-state index contributed by atoms with van der Waals surface area (Å²) in [6, 6.07) is 5.26. The van der Waals surface area contributed by atoms with Gasteiger partial charge in [-0.1, -0.05) is 17.7 Å². The van der Waals surface area contributed by atoms with Gasteiger partial charge in [-0.2, -0.15) is 0 Å². The highest BCUT2D eigenvalue weighted by Gasteiger charge is 2.46. The molecule has 3 rings (SSSR count). The number of likely N-dealkylation sites (tertiary alicyclic amines) is 2. The number of halogens is 2. The molecule has 2 aliphatic heterocycles. The fourth-order valence-corrected chi connectivity index (χ4v) is 4.27. The molecule has 1 N–H and O–H groups in total. The predicted octanol–water partition coefficient (Wildman–Crippen LogP) is 2.76. The van der Waals surface area contributed by atoms with Crippen LogP contribution in [0.5, 0.6) is 0 Å². The molecule has 2 saturated heterocycles. The lowest BCUT2D eigenvalue weighted by Gasteiger charge is -2.53. The first-order valence-electron chi connectivity index (χ1n) is 8.01. The molecule has 0 amide bonds. The van der Waals surface area contributed by atoms with Crippen LogP contribution >= 0.6 is 11.6 Å². The van der Waals surface area contributed by atoms with Crippen LogP contribution in [-0.4, -0.2) is 54.2 Å². The van der Waals surface area contributed by atoms with E-state index >= 15 is 0 Å². The van der Waals surface area contributed by atoms with Gasteiger partial charge in [-0.25, -0.2) is 4.39 Å². The lowest BCUT2D eigenvalue weighted by atomic mass is 9.69. The SMILES string of the molecule is CN1CCC[C@]2(CO)CCN(Cc3ccc(Cl)cc3F)C[C@@H]12. The molecule has 2 atom stereocenters. The number of hydrogen-bond acceptors (Lipinski definition) is 3. The average Bonchev–Trinajstić information content (AvgIpc) is 2.51. The summed E-state index contributed by atoms with van der Waals surface area (Å²) < 4.78 is 14.0. The quantitative estimate of drug-likeness (QED) is 0.925. The highest BCUT2D eigenvalue weighted by molar-refractivity contribution is 6.30. The number of likely N-dealkylation sites (N-methyl/N-ethyl adjacent to an activating group) is 1. The highest BCUT2D eigenvalue weighted by atomic mass is 35.5. The highest BCUT2D eigenvalue weighted by Crippen LogP contribution is 2.41. The van der Waals surface area contributed by atoms with E-state index in [-0.39, 0.29) is 17.8 Å². The molecule has 0 saturated carbocycles. The molecule has 22 heavy (non-hydrogen) atoms. The molecule has 2 fully saturated rings. The molecule has 122 valence electrons. The van der Waals surface area contributed by atoms with Gasteiger partial charge in [0, 0.05) is 35.1 Å². The maximum absolute atomic E-state index is 14.0. The first kappa shape index (κ1) is 16.2. The molecule has 0 radical (unpaired) electrons. The molecular formula is C17H24ClFN2O. The maximum atomic E-state index is 14.0. The summed E-state index contributed by atoms with van der Waals surface area (Å²) in [5.41, 5.74) is 0.724. The van der Waals surface area contributed by atoms with E-state index < -0.39 is 0 Å². The Hall–Kier alpha value is -0.680. The Morgan fingerprint density at radius 3 is 2.91 bits per heavy atom. The second kappa shape index (κ2) is 6.44. The Morgan fingerprint density at radius 2 is 2.18 bits per heavy atom. The van der Waals surface area contributed by atoms with Crippen LogP contribution in [-0.2, 0) is 6.54 Å². The second-order valence-electron chi connectivity index (χ2n) is 6.84. The minimum Gasteiger partial charge on any atom is -0.396 e. The van der Waals surface area contributed by atoms with Crippen molar-refractivity contribution in [2.24, 2.45) is 5.41 Å². The summed E-state index contributed by atoms with van der Waals surface area (Å²) in [6.07, 6.45) is 3.23. The molecule has 3 nitrogen and oxygen atoms in total. The van der Waals surface area contributed by atoms with E-state index in [1.165, 1.54) is 6.07 Å². The van der Waals surface area contributed by atoms with Crippen LogP contribution in [0, 0.1) is 11.2 Å². The van der Waals surface area contributed by atoms with Crippen LogP contribution in [0.25, 0.3) is 0 Å². The number of piperidine rings is 2. The Kier molecular flexibility index (Phi) is 4.74. The molecule has 0 aromatic heterocycles. The number of rotatable bonds is 3. The van der Waals surface area contributed by atoms with Gasteiger partial charge in [-0.05, 0) is 51.5 Å². The fraction of sp³-hybridized carbons (Fsp3) is 0.647. The number of benzene rings is 1. The summed E-state index contributed by atoms with van der Waals surface area (Å²) in [6.45, 7) is 3.74. The van der Waals surface area contributed by atoms with Gasteiger partial charge in [0.2, 0.25) is 0 Å². The van der Waals surface area contributed by atoms with Crippen LogP contribution in [0.3, 0.4) is 0 Å². The largest absolute Gasteiger partial charge is 0.396 e. The van der Waals surface area contributed by atoms with Gasteiger partial charge >= 0.3 is 0 Å². The number of hydrogen-bond donors (Lipinski definition) is 1. The molecule has 2 heterocycles. The Morgan fingerprint density at radius 1 is 1.36 bits per heavy atom. The van der Waals surface area contributed by atoms with E-state index in [0.717, 1.165) is 38.9 Å². The van der Waals surface area contributed by atoms with Crippen LogP contribution in [0.1, 0.15) is 24.8 Å². The third-order valence-corrected chi connectivity index (χ3v) is 5.74. The van der Waals surface area contributed by atoms with Gasteiger partial charge < -0.3 is 10.0 Å². The number of nitrogens with zero attached hydrogens (tertiary/aromatic N) is 2. The van der Waals surface area contributed by atoms with Crippen molar-refractivity contribution in [1.82, 2.24) is 9.80 Å². The minimum atomic E-state index is -0.233. The zero-order chi connectivity index (χ0) is 15.7. The monoisotopic (exact) mass is 326 g/mol. The third kappa shape index (κ3) is 3.02. The first-order valence-corrected chi connectivity index (χ1v) is 8.39. The first-order chi connectivity index (χ1) is 10.5. The average molecular weight is 327 g/mol. The standard InChI is InChI=1S/C17H24ClFN2O/c1-20-7-2-5-17(12-22)6-8-21(11-16(17)20)10-13-3-4-14(18)9-15(13)19/h3-4,9,16,22H,2,5-8,10-12H2,1H3/t16-,17-/m1/s1. The van der Waals surface area contributed by atoms with E-state index in [0.29, 0.717) is 23.2 Å². The second-order valence-corrected chi connectivity index (χ2v) is 7.28. The maximum Gasteiger partial charge on any atom is 0.129 e. The van der Waals surface area contributed by atoms with Gasteiger partial charge in [0.15, 0.2) is 0 Å². The molecule has 1 aromatic carbocycles. The molecule has 1 aromatic rings. The van der Waals surface area contributed by atoms with Crippen molar-refractivity contribution in [2.45, 2.75) is 31.8 Å². The molecule has 0 bridgehead atoms. The third-order valence-electron chi connectivity index (χ3n) is 5.51. The van der Waals surface area contributed by atoms with E-state index in [1.54, 1.807) is 12.1 Å². The van der Waals surface area contributed by atoms with E-state index in [1.807, 2.05) is 0 Å². The van der Waals surface area contributed by atoms with E-state index in [2.05, 4.69) is 16.8 Å². The zero-order valence-electron chi connectivity index (χ0n) is 13.1. The molecular weight excluding hydrogens is 303 g/mol. The normalized spacial score (nSPS) is 30.3. The number of fused-ring (bicyclic) bond motifs is 1. The van der Waals surface area contributed by atoms with Crippen molar-refractivity contribution in [1.29, 1.82) is 0 Å². The van der Waals surface area contributed by atoms with Gasteiger partial charge in [0.1, 0.15) is 5.82 Å². The molecule has 0 unspecified atom stereocenters. The predicted molar refractivity (Wildman–Crippen MR) is 86.5 cm³/mol. The van der Waals surface area contributed by atoms with Crippen LogP contribution in [0.2, 0.25) is 5.02 Å². The Labute approximate surface area is 136 Å². The Balaban J connectivity index is 1.72. The summed E-state index contributed by atoms with van der Waals surface area (Å²) in [5.74, 6) is -0.233. The van der Waals surface area contributed by atoms with Crippen LogP contribution < -0.4 is 0 Å².